The number of hydrogen-bond donors (Lipinski definition) is 0. The van der Waals surface area contributed by atoms with Gasteiger partial charge in [0.25, 0.3) is 0 Å². The SMILES string of the molecule is C[Si](C)=[Zr+2].C[Si](C)=[Zr+2].Cc1c[c-]c2c(c1)-c1ccccc1C2.Cc1c[c-]c2c(c1)-c1ccccc1C2.[C-]1=CC=CC1.[C-]1=CC=CC1.[Cl-].[Cl-]. The van der Waals surface area contributed by atoms with Gasteiger partial charge in [-0.05, 0) is 12.8 Å². The molecule has 0 radical (unpaired) electrons. The average molecular weight is 858 g/mol. The zero-order valence-corrected chi connectivity index (χ0v) is 37.4. The third-order valence-corrected chi connectivity index (χ3v) is 6.86. The van der Waals surface area contributed by atoms with Crippen LogP contribution >= 0.6 is 0 Å². The maximum Gasteiger partial charge on any atom is -0.0253 e. The fourth-order valence-corrected chi connectivity index (χ4v) is 4.98. The second-order valence-electron chi connectivity index (χ2n) is 11.8. The molecule has 0 saturated carbocycles. The molecule has 4 aliphatic carbocycles. The summed E-state index contributed by atoms with van der Waals surface area (Å²) in [4.78, 5) is 0. The molecule has 4 aromatic rings. The van der Waals surface area contributed by atoms with Gasteiger partial charge >= 0.3 is 83.7 Å². The molecule has 0 bridgehead atoms. The van der Waals surface area contributed by atoms with Crippen molar-refractivity contribution in [1.29, 1.82) is 0 Å². The van der Waals surface area contributed by atoms with E-state index >= 15 is 0 Å². The van der Waals surface area contributed by atoms with Crippen LogP contribution in [0.5, 0.6) is 0 Å². The van der Waals surface area contributed by atoms with E-state index in [9.17, 15) is 0 Å². The largest absolute Gasteiger partial charge is 1.00 e. The molecule has 0 heterocycles. The van der Waals surface area contributed by atoms with E-state index in [2.05, 4.69) is 149 Å². The predicted octanol–water partition coefficient (Wildman–Crippen LogP) is 4.92. The number of rotatable bonds is 0. The molecule has 4 aromatic carbocycles. The van der Waals surface area contributed by atoms with Crippen molar-refractivity contribution in [1.82, 2.24) is 0 Å². The number of aryl methyl sites for hydroxylation is 2. The van der Waals surface area contributed by atoms with E-state index in [-0.39, 0.29) is 35.7 Å². The van der Waals surface area contributed by atoms with Crippen LogP contribution in [-0.4, -0.2) is 10.9 Å². The number of benzene rings is 4. The Morgan fingerprint density at radius 3 is 1.21 bits per heavy atom. The third kappa shape index (κ3) is 16.1. The molecule has 0 saturated heterocycles. The molecule has 0 nitrogen and oxygen atoms in total. The van der Waals surface area contributed by atoms with Gasteiger partial charge in [0.2, 0.25) is 0 Å². The van der Waals surface area contributed by atoms with Gasteiger partial charge in [0.15, 0.2) is 0 Å². The Kier molecular flexibility index (Phi) is 23.0. The monoisotopic (exact) mass is 854 g/mol. The van der Waals surface area contributed by atoms with E-state index in [4.69, 9.17) is 0 Å². The molecule has 0 amide bonds. The van der Waals surface area contributed by atoms with Crippen LogP contribution in [0.2, 0.25) is 26.2 Å². The zero-order chi connectivity index (χ0) is 33.3. The zero-order valence-electron chi connectivity index (χ0n) is 29.0. The van der Waals surface area contributed by atoms with Gasteiger partial charge in [0.05, 0.1) is 0 Å². The van der Waals surface area contributed by atoms with Crippen molar-refractivity contribution < 1.29 is 71.5 Å². The summed E-state index contributed by atoms with van der Waals surface area (Å²) >= 11 is 3.48. The van der Waals surface area contributed by atoms with Crippen LogP contribution in [0.1, 0.15) is 46.2 Å². The molecule has 0 N–H and O–H groups in total. The molecule has 0 fully saturated rings. The Morgan fingerprint density at radius 2 is 0.917 bits per heavy atom. The van der Waals surface area contributed by atoms with Gasteiger partial charge in [0.1, 0.15) is 0 Å². The van der Waals surface area contributed by atoms with Crippen molar-refractivity contribution in [2.75, 3.05) is 0 Å². The maximum atomic E-state index is 3.36. The third-order valence-electron chi connectivity index (χ3n) is 6.86. The molecule has 0 spiro atoms. The average Bonchev–Trinajstić information content (AvgIpc) is 3.85. The molecule has 6 heteroatoms. The van der Waals surface area contributed by atoms with Gasteiger partial charge in [-0.3, -0.25) is 12.2 Å². The molecule has 0 atom stereocenters. The number of fused-ring (bicyclic) bond motifs is 6. The molecule has 4 aliphatic rings. The van der Waals surface area contributed by atoms with E-state index in [1.54, 1.807) is 46.7 Å². The van der Waals surface area contributed by atoms with E-state index < -0.39 is 0 Å². The molecular formula is C42H44Cl2Si2Zr2-2. The molecule has 0 aliphatic heterocycles. The van der Waals surface area contributed by atoms with Crippen molar-refractivity contribution >= 4 is 10.9 Å². The van der Waals surface area contributed by atoms with Gasteiger partial charge < -0.3 is 24.8 Å². The van der Waals surface area contributed by atoms with Crippen molar-refractivity contribution in [2.45, 2.75) is 65.7 Å². The van der Waals surface area contributed by atoms with Gasteiger partial charge in [-0.25, -0.2) is 24.3 Å². The normalized spacial score (nSPS) is 12.0. The summed E-state index contributed by atoms with van der Waals surface area (Å²) in [7, 11) is 0. The maximum absolute atomic E-state index is 3.36. The smallest absolute Gasteiger partial charge is 0.0253 e. The Morgan fingerprint density at radius 1 is 0.562 bits per heavy atom. The Bertz CT molecular complexity index is 1600. The van der Waals surface area contributed by atoms with E-state index in [1.807, 2.05) is 24.3 Å². The van der Waals surface area contributed by atoms with Crippen molar-refractivity contribution in [3.8, 4) is 22.3 Å². The first kappa shape index (κ1) is 44.6. The molecular weight excluding hydrogens is 814 g/mol. The molecule has 48 heavy (non-hydrogen) atoms. The summed E-state index contributed by atoms with van der Waals surface area (Å²) in [6.45, 7) is 13.5. The minimum Gasteiger partial charge on any atom is -1.00 e. The van der Waals surface area contributed by atoms with E-state index in [0.29, 0.717) is 0 Å². The number of hydrogen-bond acceptors (Lipinski definition) is 0. The van der Waals surface area contributed by atoms with Crippen molar-refractivity contribution in [2.24, 2.45) is 0 Å². The first-order valence-electron chi connectivity index (χ1n) is 15.8. The standard InChI is InChI=1S/2C14H11.2C5H5.2C2H6Si.2ClH.2Zr/c2*1-10-6-7-12-9-11-4-2-3-5-13(11)14(12)8-10;2*1-2-4-5-3-1;2*1-3-2;;;;/h2*2-6,8H,9H2,1H3;2*1-3H,4H2;2*1-2H3;2*1H;;/q4*-1;;;;;2*+2/p-2. The Balaban J connectivity index is 0.000000314. The van der Waals surface area contributed by atoms with Crippen LogP contribution in [-0.2, 0) is 59.5 Å². The molecule has 0 unspecified atom stereocenters. The predicted molar refractivity (Wildman–Crippen MR) is 195 cm³/mol. The van der Waals surface area contributed by atoms with Crippen LogP contribution in [0, 0.1) is 38.1 Å². The minimum atomic E-state index is 0. The second-order valence-corrected chi connectivity index (χ2v) is 30.6. The number of halogens is 2. The van der Waals surface area contributed by atoms with E-state index in [0.717, 1.165) is 25.7 Å². The van der Waals surface area contributed by atoms with Gasteiger partial charge in [-0.1, -0.05) is 84.6 Å². The molecule has 244 valence electrons. The van der Waals surface area contributed by atoms with Crippen molar-refractivity contribution in [3.05, 3.63) is 167 Å². The van der Waals surface area contributed by atoms with Crippen LogP contribution < -0.4 is 24.8 Å². The van der Waals surface area contributed by atoms with Gasteiger partial charge in [-0.15, -0.1) is 24.0 Å². The van der Waals surface area contributed by atoms with Crippen LogP contribution in [0.15, 0.2) is 109 Å². The number of allylic oxidation sites excluding steroid dienone is 8. The summed E-state index contributed by atoms with van der Waals surface area (Å²) in [5.41, 5.74) is 14.1. The quantitative estimate of drug-likeness (QED) is 0.151. The van der Waals surface area contributed by atoms with Gasteiger partial charge in [-0.2, -0.15) is 70.8 Å². The Labute approximate surface area is 333 Å². The Hall–Kier alpha value is -1.38. The first-order chi connectivity index (χ1) is 22.2. The molecule has 8 rings (SSSR count). The summed E-state index contributed by atoms with van der Waals surface area (Å²) < 4.78 is 0. The van der Waals surface area contributed by atoms with Crippen LogP contribution in [0.4, 0.5) is 0 Å². The van der Waals surface area contributed by atoms with Crippen molar-refractivity contribution in [3.63, 3.8) is 0 Å². The summed E-state index contributed by atoms with van der Waals surface area (Å²) in [5, 5.41) is 0. The van der Waals surface area contributed by atoms with Crippen LogP contribution in [0.3, 0.4) is 0 Å². The molecule has 0 aromatic heterocycles. The topological polar surface area (TPSA) is 0 Å². The summed E-state index contributed by atoms with van der Waals surface area (Å²) in [6, 6.07) is 32.7. The van der Waals surface area contributed by atoms with Crippen LogP contribution in [0.25, 0.3) is 22.3 Å². The summed E-state index contributed by atoms with van der Waals surface area (Å²) in [5.74, 6) is 0. The minimum absolute atomic E-state index is 0. The first-order valence-corrected chi connectivity index (χ1v) is 28.2. The second kappa shape index (κ2) is 24.7. The van der Waals surface area contributed by atoms with E-state index in [1.165, 1.54) is 55.6 Å². The van der Waals surface area contributed by atoms with Gasteiger partial charge in [0, 0.05) is 0 Å². The fraction of sp³-hybridized carbons (Fsp3) is 0.238. The fourth-order valence-electron chi connectivity index (χ4n) is 4.98. The summed E-state index contributed by atoms with van der Waals surface area (Å²) in [6.07, 6.45) is 22.1.